The van der Waals surface area contributed by atoms with Gasteiger partial charge in [0.1, 0.15) is 5.82 Å². The topological polar surface area (TPSA) is 96.9 Å². The first-order valence-electron chi connectivity index (χ1n) is 12.8. The van der Waals surface area contributed by atoms with E-state index in [9.17, 15) is 9.59 Å². The summed E-state index contributed by atoms with van der Waals surface area (Å²) in [4.78, 5) is 38.1. The fraction of sp³-hybridized carbons (Fsp3) is 0.357. The van der Waals surface area contributed by atoms with Crippen LogP contribution in [0.4, 0.5) is 5.82 Å². The second-order valence-corrected chi connectivity index (χ2v) is 10.1. The van der Waals surface area contributed by atoms with Gasteiger partial charge in [-0.2, -0.15) is 0 Å². The molecule has 1 aromatic heterocycles. The molecule has 3 aromatic rings. The molecule has 2 aliphatic rings. The highest BCUT2D eigenvalue weighted by Gasteiger charge is 2.21. The number of anilines is 1. The quantitative estimate of drug-likeness (QED) is 0.346. The maximum atomic E-state index is 12.8. The van der Waals surface area contributed by atoms with Crippen LogP contribution in [0.15, 0.2) is 53.7 Å². The van der Waals surface area contributed by atoms with E-state index >= 15 is 0 Å². The minimum atomic E-state index is -0.134. The van der Waals surface area contributed by atoms with E-state index in [0.717, 1.165) is 47.9 Å². The van der Waals surface area contributed by atoms with Crippen molar-refractivity contribution in [2.24, 2.45) is 0 Å². The molecule has 5 rings (SSSR count). The smallest absolute Gasteiger partial charge is 0.251 e. The number of carbonyl (C=O) groups is 2. The van der Waals surface area contributed by atoms with Crippen molar-refractivity contribution in [3.05, 3.63) is 70.9 Å². The summed E-state index contributed by atoms with van der Waals surface area (Å²) in [5.74, 6) is 2.95. The summed E-state index contributed by atoms with van der Waals surface area (Å²) in [6.07, 6.45) is 0.815. The maximum absolute atomic E-state index is 12.8. The van der Waals surface area contributed by atoms with Crippen molar-refractivity contribution in [3.8, 4) is 11.5 Å². The fourth-order valence-corrected chi connectivity index (χ4v) is 5.22. The molecule has 1 fully saturated rings. The largest absolute Gasteiger partial charge is 0.454 e. The number of nitrogens with one attached hydrogen (secondary N) is 1. The van der Waals surface area contributed by atoms with Gasteiger partial charge in [-0.05, 0) is 41.8 Å². The summed E-state index contributed by atoms with van der Waals surface area (Å²) >= 11 is 1.56. The summed E-state index contributed by atoms with van der Waals surface area (Å²) in [6, 6.07) is 15.3. The lowest BCUT2D eigenvalue weighted by Crippen LogP contribution is -2.48. The predicted octanol–water partition coefficient (Wildman–Crippen LogP) is 3.66. The van der Waals surface area contributed by atoms with Crippen LogP contribution in [0, 0.1) is 0 Å². The molecule has 0 saturated carbocycles. The third-order valence-corrected chi connectivity index (χ3v) is 7.52. The predicted molar refractivity (Wildman–Crippen MR) is 146 cm³/mol. The van der Waals surface area contributed by atoms with E-state index in [4.69, 9.17) is 19.4 Å². The first-order valence-corrected chi connectivity index (χ1v) is 13.7. The Balaban J connectivity index is 1.20. The van der Waals surface area contributed by atoms with Crippen LogP contribution in [0.3, 0.4) is 0 Å². The lowest BCUT2D eigenvalue weighted by molar-refractivity contribution is -0.129. The van der Waals surface area contributed by atoms with Crippen LogP contribution in [-0.2, 0) is 23.5 Å². The van der Waals surface area contributed by atoms with Gasteiger partial charge in [0.2, 0.25) is 12.7 Å². The molecule has 2 amide bonds. The molecule has 0 unspecified atom stereocenters. The van der Waals surface area contributed by atoms with Crippen LogP contribution in [-0.4, -0.2) is 59.7 Å². The number of hydrogen-bond donors (Lipinski definition) is 1. The van der Waals surface area contributed by atoms with Gasteiger partial charge >= 0.3 is 0 Å². The Morgan fingerprint density at radius 3 is 2.58 bits per heavy atom. The molecule has 0 radical (unpaired) electrons. The van der Waals surface area contributed by atoms with Crippen LogP contribution in [0.2, 0.25) is 0 Å². The van der Waals surface area contributed by atoms with Gasteiger partial charge in [-0.3, -0.25) is 9.59 Å². The van der Waals surface area contributed by atoms with Crippen molar-refractivity contribution in [2.75, 3.05) is 37.9 Å². The van der Waals surface area contributed by atoms with Crippen molar-refractivity contribution >= 4 is 29.4 Å². The van der Waals surface area contributed by atoms with E-state index in [1.54, 1.807) is 18.7 Å². The normalized spacial score (nSPS) is 14.5. The lowest BCUT2D eigenvalue weighted by Gasteiger charge is -2.35. The molecule has 1 N–H and O–H groups in total. The van der Waals surface area contributed by atoms with Crippen molar-refractivity contribution in [2.45, 2.75) is 37.7 Å². The van der Waals surface area contributed by atoms with Crippen LogP contribution in [0.25, 0.3) is 0 Å². The zero-order valence-corrected chi connectivity index (χ0v) is 22.4. The second-order valence-electron chi connectivity index (χ2n) is 9.21. The Labute approximate surface area is 226 Å². The molecule has 1 saturated heterocycles. The van der Waals surface area contributed by atoms with Gasteiger partial charge in [-0.1, -0.05) is 36.9 Å². The van der Waals surface area contributed by atoms with Gasteiger partial charge in [0, 0.05) is 62.7 Å². The van der Waals surface area contributed by atoms with Gasteiger partial charge in [0.15, 0.2) is 16.7 Å². The number of aromatic nitrogens is 2. The van der Waals surface area contributed by atoms with Crippen molar-refractivity contribution in [3.63, 3.8) is 0 Å². The molecule has 2 aliphatic heterocycles. The van der Waals surface area contributed by atoms with Crippen LogP contribution < -0.4 is 19.7 Å². The maximum Gasteiger partial charge on any atom is 0.251 e. The number of thioether (sulfide) groups is 1. The van der Waals surface area contributed by atoms with Crippen LogP contribution in [0.5, 0.6) is 11.5 Å². The molecule has 2 aromatic carbocycles. The highest BCUT2D eigenvalue weighted by atomic mass is 32.2. The van der Waals surface area contributed by atoms with E-state index in [1.807, 2.05) is 53.4 Å². The fourth-order valence-electron chi connectivity index (χ4n) is 4.40. The number of piperazine rings is 1. The minimum absolute atomic E-state index is 0.113. The highest BCUT2D eigenvalue weighted by molar-refractivity contribution is 7.98. The summed E-state index contributed by atoms with van der Waals surface area (Å²) in [7, 11) is 0. The third kappa shape index (κ3) is 6.19. The summed E-state index contributed by atoms with van der Waals surface area (Å²) in [5.41, 5.74) is 3.56. The molecule has 10 heteroatoms. The Morgan fingerprint density at radius 2 is 1.79 bits per heavy atom. The van der Waals surface area contributed by atoms with Gasteiger partial charge in [0.05, 0.1) is 0 Å². The van der Waals surface area contributed by atoms with Crippen LogP contribution >= 0.6 is 11.8 Å². The molecule has 38 heavy (non-hydrogen) atoms. The molecule has 0 atom stereocenters. The van der Waals surface area contributed by atoms with Gasteiger partial charge in [-0.15, -0.1) is 0 Å². The number of benzene rings is 2. The minimum Gasteiger partial charge on any atom is -0.454 e. The molecule has 0 bridgehead atoms. The number of amides is 2. The standard InChI is InChI=1S/C28H31N5O4S/c1-3-23-15-26(33-11-9-32(10-12-33)19(2)34)31-28(30-23)38-17-21-5-4-6-22(13-21)27(35)29-16-20-7-8-24-25(14-20)37-18-36-24/h4-8,13-15H,3,9-12,16-18H2,1-2H3,(H,29,35). The first kappa shape index (κ1) is 25.8. The monoisotopic (exact) mass is 533 g/mol. The summed E-state index contributed by atoms with van der Waals surface area (Å²) in [6.45, 7) is 7.24. The Hall–Kier alpha value is -3.79. The zero-order valence-electron chi connectivity index (χ0n) is 21.6. The van der Waals surface area contributed by atoms with E-state index in [0.29, 0.717) is 41.9 Å². The number of fused-ring (bicyclic) bond motifs is 1. The molecular formula is C28H31N5O4S. The SMILES string of the molecule is CCc1cc(N2CCN(C(C)=O)CC2)nc(SCc2cccc(C(=O)NCc3ccc4c(c3)OCO4)c2)n1. The number of carbonyl (C=O) groups excluding carboxylic acids is 2. The molecule has 0 aliphatic carbocycles. The van der Waals surface area contributed by atoms with Crippen molar-refractivity contribution < 1.29 is 19.1 Å². The number of hydrogen-bond acceptors (Lipinski definition) is 8. The summed E-state index contributed by atoms with van der Waals surface area (Å²) < 4.78 is 10.8. The molecule has 3 heterocycles. The van der Waals surface area contributed by atoms with E-state index < -0.39 is 0 Å². The lowest BCUT2D eigenvalue weighted by atomic mass is 10.1. The van der Waals surface area contributed by atoms with Gasteiger partial charge in [-0.25, -0.2) is 9.97 Å². The molecule has 198 valence electrons. The first-order chi connectivity index (χ1) is 18.5. The number of rotatable bonds is 8. The van der Waals surface area contributed by atoms with Crippen molar-refractivity contribution in [1.29, 1.82) is 0 Å². The molecular weight excluding hydrogens is 502 g/mol. The van der Waals surface area contributed by atoms with E-state index in [2.05, 4.69) is 17.1 Å². The highest BCUT2D eigenvalue weighted by Crippen LogP contribution is 2.32. The third-order valence-electron chi connectivity index (χ3n) is 6.60. The van der Waals surface area contributed by atoms with Gasteiger partial charge in [0.25, 0.3) is 5.91 Å². The number of ether oxygens (including phenoxy) is 2. The average Bonchev–Trinajstić information content (AvgIpc) is 3.43. The Morgan fingerprint density at radius 1 is 0.974 bits per heavy atom. The Bertz CT molecular complexity index is 1330. The number of aryl methyl sites for hydroxylation is 1. The molecule has 0 spiro atoms. The summed E-state index contributed by atoms with van der Waals surface area (Å²) in [5, 5.41) is 3.69. The zero-order chi connectivity index (χ0) is 26.5. The molecule has 9 nitrogen and oxygen atoms in total. The van der Waals surface area contributed by atoms with E-state index in [1.165, 1.54) is 0 Å². The number of nitrogens with zero attached hydrogens (tertiary/aromatic N) is 4. The van der Waals surface area contributed by atoms with Gasteiger partial charge < -0.3 is 24.6 Å². The average molecular weight is 534 g/mol. The second kappa shape index (κ2) is 11.7. The van der Waals surface area contributed by atoms with Crippen molar-refractivity contribution in [1.82, 2.24) is 20.2 Å². The van der Waals surface area contributed by atoms with Crippen LogP contribution in [0.1, 0.15) is 41.0 Å². The van der Waals surface area contributed by atoms with E-state index in [-0.39, 0.29) is 18.6 Å². The Kier molecular flexibility index (Phi) is 7.97.